The molecule has 0 radical (unpaired) electrons. The third-order valence-corrected chi connectivity index (χ3v) is 6.33. The number of carbonyl (C=O) groups excluding carboxylic acids is 1. The molecular weight excluding hydrogens is 438 g/mol. The Bertz CT molecular complexity index is 1320. The number of hydrogen-bond acceptors (Lipinski definition) is 9. The van der Waals surface area contributed by atoms with Crippen molar-refractivity contribution in [1.29, 1.82) is 0 Å². The molecule has 10 nitrogen and oxygen atoms in total. The minimum Gasteiger partial charge on any atom is -0.504 e. The van der Waals surface area contributed by atoms with E-state index in [0.717, 1.165) is 16.8 Å². The quantitative estimate of drug-likeness (QED) is 0.522. The first kappa shape index (κ1) is 21.6. The Morgan fingerprint density at radius 1 is 1.00 bits per heavy atom. The van der Waals surface area contributed by atoms with Gasteiger partial charge in [0.1, 0.15) is 6.04 Å². The van der Waals surface area contributed by atoms with E-state index in [1.807, 2.05) is 18.2 Å². The summed E-state index contributed by atoms with van der Waals surface area (Å²) in [6.45, 7) is 0. The molecule has 0 saturated heterocycles. The lowest BCUT2D eigenvalue weighted by molar-refractivity contribution is -0.116. The van der Waals surface area contributed by atoms with Crippen LogP contribution >= 0.6 is 0 Å². The van der Waals surface area contributed by atoms with Crippen LogP contribution in [0.3, 0.4) is 0 Å². The first-order chi connectivity index (χ1) is 16.4. The molecule has 1 aliphatic heterocycles. The average Bonchev–Trinajstić information content (AvgIpc) is 3.22. The number of phenolic OH excluding ortho intramolecular Hbond substituents is 1. The number of nitrogens with zero attached hydrogens (tertiary/aromatic N) is 3. The van der Waals surface area contributed by atoms with Crippen molar-refractivity contribution in [3.05, 3.63) is 58.8 Å². The van der Waals surface area contributed by atoms with Gasteiger partial charge in [-0.15, -0.1) is 5.10 Å². The second-order valence-electron chi connectivity index (χ2n) is 8.23. The van der Waals surface area contributed by atoms with Gasteiger partial charge in [-0.1, -0.05) is 12.1 Å². The number of phenols is 1. The van der Waals surface area contributed by atoms with Gasteiger partial charge in [-0.2, -0.15) is 4.98 Å². The number of rotatable bonds is 5. The van der Waals surface area contributed by atoms with Crippen LogP contribution in [0.25, 0.3) is 0 Å². The van der Waals surface area contributed by atoms with Gasteiger partial charge in [0, 0.05) is 17.7 Å². The zero-order valence-electron chi connectivity index (χ0n) is 19.0. The van der Waals surface area contributed by atoms with Gasteiger partial charge in [-0.3, -0.25) is 4.79 Å². The highest BCUT2D eigenvalue weighted by Gasteiger charge is 2.40. The van der Waals surface area contributed by atoms with Crippen molar-refractivity contribution in [2.24, 2.45) is 0 Å². The van der Waals surface area contributed by atoms with E-state index in [1.54, 1.807) is 31.0 Å². The van der Waals surface area contributed by atoms with Crippen LogP contribution in [0.5, 0.6) is 23.0 Å². The van der Waals surface area contributed by atoms with Crippen LogP contribution in [-0.4, -0.2) is 47.0 Å². The fourth-order valence-corrected chi connectivity index (χ4v) is 4.74. The number of aromatic nitrogens is 3. The molecule has 4 N–H and O–H groups in total. The third kappa shape index (κ3) is 3.47. The number of fused-ring (bicyclic) bond motifs is 1. The number of hydrogen-bond donors (Lipinski definition) is 3. The van der Waals surface area contributed by atoms with E-state index in [0.29, 0.717) is 41.6 Å². The zero-order chi connectivity index (χ0) is 24.0. The summed E-state index contributed by atoms with van der Waals surface area (Å²) in [5, 5.41) is 17.7. The van der Waals surface area contributed by atoms with E-state index in [-0.39, 0.29) is 23.4 Å². The van der Waals surface area contributed by atoms with Gasteiger partial charge in [0.25, 0.3) is 0 Å². The summed E-state index contributed by atoms with van der Waals surface area (Å²) in [7, 11) is 4.65. The molecule has 2 aromatic carbocycles. The maximum absolute atomic E-state index is 13.6. The number of Topliss-reactive ketones (excluding diaryl/α,β-unsaturated/α-hetero) is 1. The Labute approximate surface area is 196 Å². The lowest BCUT2D eigenvalue weighted by atomic mass is 9.78. The van der Waals surface area contributed by atoms with Gasteiger partial charge < -0.3 is 30.4 Å². The van der Waals surface area contributed by atoms with Crippen LogP contribution in [0.2, 0.25) is 0 Å². The SMILES string of the molecule is COc1cc([C@@H]2C3=C(C[C@H](c4ccc(OC)c(OC)c4)CC3=O)Nc3nc(N)nn32)ccc1O. The molecule has 0 bridgehead atoms. The smallest absolute Gasteiger partial charge is 0.241 e. The maximum Gasteiger partial charge on any atom is 0.241 e. The Balaban J connectivity index is 1.58. The zero-order valence-corrected chi connectivity index (χ0v) is 19.0. The van der Waals surface area contributed by atoms with E-state index in [2.05, 4.69) is 15.4 Å². The molecule has 34 heavy (non-hydrogen) atoms. The lowest BCUT2D eigenvalue weighted by Crippen LogP contribution is -2.33. The highest BCUT2D eigenvalue weighted by Crippen LogP contribution is 2.46. The van der Waals surface area contributed by atoms with Crippen LogP contribution in [0.15, 0.2) is 47.7 Å². The van der Waals surface area contributed by atoms with Crippen LogP contribution < -0.4 is 25.3 Å². The van der Waals surface area contributed by atoms with Crippen molar-refractivity contribution in [2.45, 2.75) is 24.8 Å². The largest absolute Gasteiger partial charge is 0.504 e. The first-order valence-corrected chi connectivity index (χ1v) is 10.8. The molecule has 2 heterocycles. The minimum atomic E-state index is -0.551. The molecule has 0 fully saturated rings. The third-order valence-electron chi connectivity index (χ3n) is 6.33. The summed E-state index contributed by atoms with van der Waals surface area (Å²) in [5.41, 5.74) is 8.98. The number of nitrogens with two attached hydrogens (primary N) is 1. The topological polar surface area (TPSA) is 134 Å². The van der Waals surface area contributed by atoms with Gasteiger partial charge in [0.05, 0.1) is 21.3 Å². The van der Waals surface area contributed by atoms with Crippen molar-refractivity contribution in [3.63, 3.8) is 0 Å². The van der Waals surface area contributed by atoms with Crippen molar-refractivity contribution in [3.8, 4) is 23.0 Å². The van der Waals surface area contributed by atoms with Gasteiger partial charge >= 0.3 is 0 Å². The van der Waals surface area contributed by atoms with Gasteiger partial charge in [0.15, 0.2) is 28.8 Å². The van der Waals surface area contributed by atoms with Crippen molar-refractivity contribution in [2.75, 3.05) is 32.4 Å². The van der Waals surface area contributed by atoms with Gasteiger partial charge in [-0.25, -0.2) is 4.68 Å². The lowest BCUT2D eigenvalue weighted by Gasteiger charge is -2.35. The number of nitrogens with one attached hydrogen (secondary N) is 1. The Hall–Kier alpha value is -4.21. The molecule has 3 aromatic rings. The molecule has 0 spiro atoms. The summed E-state index contributed by atoms with van der Waals surface area (Å²) in [6.07, 6.45) is 0.913. The molecule has 5 rings (SSSR count). The van der Waals surface area contributed by atoms with E-state index in [1.165, 1.54) is 13.2 Å². The fraction of sp³-hybridized carbons (Fsp3) is 0.292. The second kappa shape index (κ2) is 8.29. The molecule has 2 atom stereocenters. The van der Waals surface area contributed by atoms with Crippen molar-refractivity contribution < 1.29 is 24.1 Å². The number of carbonyl (C=O) groups is 1. The summed E-state index contributed by atoms with van der Waals surface area (Å²) in [6, 6.07) is 10.1. The van der Waals surface area contributed by atoms with E-state index >= 15 is 0 Å². The number of methoxy groups -OCH3 is 3. The normalized spacial score (nSPS) is 19.2. The summed E-state index contributed by atoms with van der Waals surface area (Å²) >= 11 is 0. The van der Waals surface area contributed by atoms with Gasteiger partial charge in [0.2, 0.25) is 11.9 Å². The van der Waals surface area contributed by atoms with Crippen LogP contribution in [0, 0.1) is 0 Å². The summed E-state index contributed by atoms with van der Waals surface area (Å²) in [4.78, 5) is 17.9. The van der Waals surface area contributed by atoms with Crippen LogP contribution in [0.4, 0.5) is 11.9 Å². The minimum absolute atomic E-state index is 0.00898. The second-order valence-corrected chi connectivity index (χ2v) is 8.23. The van der Waals surface area contributed by atoms with E-state index in [4.69, 9.17) is 19.9 Å². The maximum atomic E-state index is 13.6. The standard InChI is InChI=1S/C24H25N5O5/c1-32-18-7-5-12(10-20(18)34-3)14-8-15-21(17(31)9-14)22(29-24(26-15)27-23(25)28-29)13-4-6-16(30)19(11-13)33-2/h4-7,10-11,14,22,30H,8-9H2,1-3H3,(H3,25,26,27,28)/t14-,22+/m0/s1. The predicted molar refractivity (Wildman–Crippen MR) is 124 cm³/mol. The molecule has 2 aliphatic rings. The molecule has 1 aromatic heterocycles. The number of anilines is 2. The Morgan fingerprint density at radius 2 is 1.71 bits per heavy atom. The number of ketones is 1. The molecule has 0 amide bonds. The molecule has 1 aliphatic carbocycles. The molecule has 10 heteroatoms. The average molecular weight is 463 g/mol. The Kier molecular flexibility index (Phi) is 5.27. The number of benzene rings is 2. The number of allylic oxidation sites excluding steroid dienone is 2. The van der Waals surface area contributed by atoms with Crippen molar-refractivity contribution >= 4 is 17.7 Å². The number of nitrogen functional groups attached to an aromatic ring is 1. The number of aromatic hydroxyl groups is 1. The first-order valence-electron chi connectivity index (χ1n) is 10.8. The summed E-state index contributed by atoms with van der Waals surface area (Å²) in [5.74, 6) is 2.05. The number of ether oxygens (including phenoxy) is 3. The summed E-state index contributed by atoms with van der Waals surface area (Å²) < 4.78 is 17.7. The molecule has 176 valence electrons. The molecule has 0 unspecified atom stereocenters. The van der Waals surface area contributed by atoms with Crippen molar-refractivity contribution in [1.82, 2.24) is 14.8 Å². The molecular formula is C24H25N5O5. The molecule has 0 saturated carbocycles. The van der Waals surface area contributed by atoms with Crippen LogP contribution in [0.1, 0.15) is 35.9 Å². The van der Waals surface area contributed by atoms with E-state index in [9.17, 15) is 9.90 Å². The van der Waals surface area contributed by atoms with Gasteiger partial charge in [-0.05, 0) is 47.7 Å². The highest BCUT2D eigenvalue weighted by atomic mass is 16.5. The Morgan fingerprint density at radius 3 is 2.44 bits per heavy atom. The fourth-order valence-electron chi connectivity index (χ4n) is 4.74. The van der Waals surface area contributed by atoms with Crippen LogP contribution in [-0.2, 0) is 4.79 Å². The predicted octanol–water partition coefficient (Wildman–Crippen LogP) is 3.01. The monoisotopic (exact) mass is 463 g/mol. The highest BCUT2D eigenvalue weighted by molar-refractivity contribution is 6.00. The van der Waals surface area contributed by atoms with E-state index < -0.39 is 6.04 Å².